The Labute approximate surface area is 119 Å². The molecule has 1 saturated heterocycles. The van der Waals surface area contributed by atoms with Crippen LogP contribution in [0.3, 0.4) is 0 Å². The van der Waals surface area contributed by atoms with Gasteiger partial charge in [0.15, 0.2) is 0 Å². The number of halogens is 1. The lowest BCUT2D eigenvalue weighted by Crippen LogP contribution is -2.40. The molecule has 3 nitrogen and oxygen atoms in total. The average molecular weight is 276 g/mol. The number of carbonyl (C=O) groups is 1. The molecule has 0 unspecified atom stereocenters. The molecule has 1 aromatic rings. The van der Waals surface area contributed by atoms with Gasteiger partial charge in [0.25, 0.3) is 0 Å². The van der Waals surface area contributed by atoms with Crippen LogP contribution < -0.4 is 5.73 Å². The van der Waals surface area contributed by atoms with Crippen molar-refractivity contribution in [3.05, 3.63) is 41.2 Å². The van der Waals surface area contributed by atoms with E-state index in [9.17, 15) is 9.18 Å². The summed E-state index contributed by atoms with van der Waals surface area (Å²) in [6.07, 6.45) is 3.76. The number of carbonyl (C=O) groups excluding carboxylic acids is 1. The zero-order chi connectivity index (χ0) is 14.5. The molecule has 20 heavy (non-hydrogen) atoms. The van der Waals surface area contributed by atoms with Crippen molar-refractivity contribution in [3.63, 3.8) is 0 Å². The van der Waals surface area contributed by atoms with Crippen LogP contribution in [-0.4, -0.2) is 30.4 Å². The monoisotopic (exact) mass is 276 g/mol. The summed E-state index contributed by atoms with van der Waals surface area (Å²) < 4.78 is 12.8. The molecule has 1 fully saturated rings. The number of nitrogens with two attached hydrogens (primary N) is 1. The standard InChI is InChI=1S/C16H21FN2O/c1-12(10-13-2-4-15(17)5-3-13)16(20)19-8-6-14(11-18)7-9-19/h2-5,10,14H,6-9,11,18H2,1H3/b12-10+. The second kappa shape index (κ2) is 6.66. The van der Waals surface area contributed by atoms with Crippen LogP contribution >= 0.6 is 0 Å². The molecule has 0 bridgehead atoms. The van der Waals surface area contributed by atoms with Gasteiger partial charge in [0.1, 0.15) is 5.82 Å². The molecule has 1 aromatic carbocycles. The summed E-state index contributed by atoms with van der Waals surface area (Å²) in [5.74, 6) is 0.334. The molecular weight excluding hydrogens is 255 g/mol. The van der Waals surface area contributed by atoms with Crippen molar-refractivity contribution in [1.82, 2.24) is 4.90 Å². The molecule has 4 heteroatoms. The van der Waals surface area contributed by atoms with Crippen LogP contribution in [-0.2, 0) is 4.79 Å². The first-order valence-electron chi connectivity index (χ1n) is 7.03. The van der Waals surface area contributed by atoms with Gasteiger partial charge in [-0.3, -0.25) is 4.79 Å². The van der Waals surface area contributed by atoms with Gasteiger partial charge >= 0.3 is 0 Å². The van der Waals surface area contributed by atoms with E-state index in [4.69, 9.17) is 5.73 Å². The maximum Gasteiger partial charge on any atom is 0.249 e. The van der Waals surface area contributed by atoms with Gasteiger partial charge in [-0.2, -0.15) is 0 Å². The van der Waals surface area contributed by atoms with Crippen LogP contribution in [0, 0.1) is 11.7 Å². The van der Waals surface area contributed by atoms with E-state index in [2.05, 4.69) is 0 Å². The Morgan fingerprint density at radius 3 is 2.50 bits per heavy atom. The normalized spacial score (nSPS) is 17.4. The first-order valence-corrected chi connectivity index (χ1v) is 7.03. The Morgan fingerprint density at radius 1 is 1.35 bits per heavy atom. The minimum absolute atomic E-state index is 0.0600. The summed E-state index contributed by atoms with van der Waals surface area (Å²) in [5.41, 5.74) is 7.18. The number of rotatable bonds is 3. The van der Waals surface area contributed by atoms with E-state index in [1.165, 1.54) is 12.1 Å². The van der Waals surface area contributed by atoms with E-state index in [-0.39, 0.29) is 11.7 Å². The summed E-state index contributed by atoms with van der Waals surface area (Å²) >= 11 is 0. The molecule has 2 N–H and O–H groups in total. The van der Waals surface area contributed by atoms with Gasteiger partial charge in [0.05, 0.1) is 0 Å². The second-order valence-electron chi connectivity index (χ2n) is 5.35. The Morgan fingerprint density at radius 2 is 1.95 bits per heavy atom. The molecule has 0 spiro atoms. The molecule has 2 rings (SSSR count). The van der Waals surface area contributed by atoms with E-state index in [1.807, 2.05) is 4.90 Å². The number of amides is 1. The van der Waals surface area contributed by atoms with Gasteiger partial charge in [0.2, 0.25) is 5.91 Å². The maximum absolute atomic E-state index is 12.8. The van der Waals surface area contributed by atoms with Gasteiger partial charge < -0.3 is 10.6 Å². The summed E-state index contributed by atoms with van der Waals surface area (Å²) in [6, 6.07) is 6.15. The zero-order valence-electron chi connectivity index (χ0n) is 11.8. The van der Waals surface area contributed by atoms with Crippen molar-refractivity contribution in [2.45, 2.75) is 19.8 Å². The number of piperidine rings is 1. The Bertz CT molecular complexity index is 488. The molecule has 1 heterocycles. The van der Waals surface area contributed by atoms with Gasteiger partial charge in [-0.05, 0) is 56.0 Å². The van der Waals surface area contributed by atoms with Crippen LogP contribution in [0.5, 0.6) is 0 Å². The van der Waals surface area contributed by atoms with Gasteiger partial charge in [-0.25, -0.2) is 4.39 Å². The highest BCUT2D eigenvalue weighted by Crippen LogP contribution is 2.18. The highest BCUT2D eigenvalue weighted by molar-refractivity contribution is 5.97. The molecule has 0 radical (unpaired) electrons. The third kappa shape index (κ3) is 3.67. The van der Waals surface area contributed by atoms with Crippen LogP contribution in [0.15, 0.2) is 29.8 Å². The van der Waals surface area contributed by atoms with Gasteiger partial charge in [-0.15, -0.1) is 0 Å². The molecule has 1 aliphatic rings. The average Bonchev–Trinajstić information content (AvgIpc) is 2.49. The second-order valence-corrected chi connectivity index (χ2v) is 5.35. The molecule has 0 atom stereocenters. The first-order chi connectivity index (χ1) is 9.60. The molecule has 108 valence electrons. The lowest BCUT2D eigenvalue weighted by molar-refractivity contribution is -0.128. The number of hydrogen-bond donors (Lipinski definition) is 1. The Kier molecular flexibility index (Phi) is 4.90. The number of likely N-dealkylation sites (tertiary alicyclic amines) is 1. The summed E-state index contributed by atoms with van der Waals surface area (Å²) in [7, 11) is 0. The lowest BCUT2D eigenvalue weighted by atomic mass is 9.96. The van der Waals surface area contributed by atoms with E-state index in [0.29, 0.717) is 18.0 Å². The molecule has 0 saturated carbocycles. The predicted molar refractivity (Wildman–Crippen MR) is 78.4 cm³/mol. The predicted octanol–water partition coefficient (Wildman–Crippen LogP) is 2.43. The van der Waals surface area contributed by atoms with Crippen LogP contribution in [0.4, 0.5) is 4.39 Å². The third-order valence-electron chi connectivity index (χ3n) is 3.83. The highest BCUT2D eigenvalue weighted by atomic mass is 19.1. The Balaban J connectivity index is 2.00. The Hall–Kier alpha value is -1.68. The van der Waals surface area contributed by atoms with Crippen molar-refractivity contribution in [2.75, 3.05) is 19.6 Å². The smallest absolute Gasteiger partial charge is 0.249 e. The van der Waals surface area contributed by atoms with E-state index in [0.717, 1.165) is 31.5 Å². The zero-order valence-corrected chi connectivity index (χ0v) is 11.8. The highest BCUT2D eigenvalue weighted by Gasteiger charge is 2.22. The van der Waals surface area contributed by atoms with E-state index >= 15 is 0 Å². The fourth-order valence-electron chi connectivity index (χ4n) is 2.49. The quantitative estimate of drug-likeness (QED) is 0.862. The summed E-state index contributed by atoms with van der Waals surface area (Å²) in [4.78, 5) is 14.2. The van der Waals surface area contributed by atoms with Crippen LogP contribution in [0.25, 0.3) is 6.08 Å². The van der Waals surface area contributed by atoms with E-state index in [1.54, 1.807) is 25.1 Å². The summed E-state index contributed by atoms with van der Waals surface area (Å²) in [5, 5.41) is 0. The molecule has 0 aromatic heterocycles. The van der Waals surface area contributed by atoms with E-state index < -0.39 is 0 Å². The number of benzene rings is 1. The maximum atomic E-state index is 12.8. The van der Waals surface area contributed by atoms with Crippen LogP contribution in [0.1, 0.15) is 25.3 Å². The van der Waals surface area contributed by atoms with Crippen molar-refractivity contribution in [2.24, 2.45) is 11.7 Å². The van der Waals surface area contributed by atoms with Gasteiger partial charge in [0, 0.05) is 18.7 Å². The number of hydrogen-bond acceptors (Lipinski definition) is 2. The fraction of sp³-hybridized carbons (Fsp3) is 0.438. The van der Waals surface area contributed by atoms with Gasteiger partial charge in [-0.1, -0.05) is 12.1 Å². The largest absolute Gasteiger partial charge is 0.339 e. The molecular formula is C16H21FN2O. The minimum Gasteiger partial charge on any atom is -0.339 e. The molecule has 0 aliphatic carbocycles. The van der Waals surface area contributed by atoms with Crippen molar-refractivity contribution >= 4 is 12.0 Å². The lowest BCUT2D eigenvalue weighted by Gasteiger charge is -2.31. The minimum atomic E-state index is -0.269. The fourth-order valence-corrected chi connectivity index (χ4v) is 2.49. The van der Waals surface area contributed by atoms with Crippen molar-refractivity contribution < 1.29 is 9.18 Å². The topological polar surface area (TPSA) is 46.3 Å². The molecule has 1 amide bonds. The van der Waals surface area contributed by atoms with Crippen LogP contribution in [0.2, 0.25) is 0 Å². The van der Waals surface area contributed by atoms with Crippen molar-refractivity contribution in [3.8, 4) is 0 Å². The molecule has 1 aliphatic heterocycles. The van der Waals surface area contributed by atoms with Crippen molar-refractivity contribution in [1.29, 1.82) is 0 Å². The SMILES string of the molecule is C/C(=C\c1ccc(F)cc1)C(=O)N1CCC(CN)CC1. The third-order valence-corrected chi connectivity index (χ3v) is 3.83. The first kappa shape index (κ1) is 14.7. The number of nitrogens with zero attached hydrogens (tertiary/aromatic N) is 1. The summed E-state index contributed by atoms with van der Waals surface area (Å²) in [6.45, 7) is 4.05.